The van der Waals surface area contributed by atoms with Gasteiger partial charge < -0.3 is 26.0 Å². The van der Waals surface area contributed by atoms with Crippen LogP contribution in [0.5, 0.6) is 0 Å². The molecule has 1 aliphatic rings. The molecule has 8 nitrogen and oxygen atoms in total. The Morgan fingerprint density at radius 3 is 2.09 bits per heavy atom. The third-order valence-electron chi connectivity index (χ3n) is 5.56. The zero-order valence-corrected chi connectivity index (χ0v) is 19.0. The molecule has 3 rings (SSSR count). The Kier molecular flexibility index (Phi) is 9.26. The van der Waals surface area contributed by atoms with Gasteiger partial charge in [0.1, 0.15) is 0 Å². The highest BCUT2D eigenvalue weighted by molar-refractivity contribution is 5.97. The molecule has 0 unspecified atom stereocenters. The fourth-order valence-corrected chi connectivity index (χ4v) is 3.72. The lowest BCUT2D eigenvalue weighted by Crippen LogP contribution is -2.36. The van der Waals surface area contributed by atoms with Crippen LogP contribution in [0.4, 0.5) is 11.4 Å². The summed E-state index contributed by atoms with van der Waals surface area (Å²) in [6.45, 7) is 0.974. The van der Waals surface area contributed by atoms with Crippen LogP contribution in [0.15, 0.2) is 48.5 Å². The number of hydrogen-bond acceptors (Lipinski definition) is 5. The molecule has 0 radical (unpaired) electrons. The van der Waals surface area contributed by atoms with E-state index in [1.54, 1.807) is 55.6 Å². The number of benzene rings is 2. The van der Waals surface area contributed by atoms with Crippen molar-refractivity contribution in [3.05, 3.63) is 59.7 Å². The summed E-state index contributed by atoms with van der Waals surface area (Å²) in [4.78, 5) is 36.6. The average molecular weight is 453 g/mol. The normalized spacial score (nSPS) is 13.7. The predicted octanol–water partition coefficient (Wildman–Crippen LogP) is 3.18. The van der Waals surface area contributed by atoms with Gasteiger partial charge in [0.25, 0.3) is 11.8 Å². The van der Waals surface area contributed by atoms with Crippen molar-refractivity contribution in [1.82, 2.24) is 10.6 Å². The van der Waals surface area contributed by atoms with E-state index in [1.807, 2.05) is 0 Å². The summed E-state index contributed by atoms with van der Waals surface area (Å²) in [7, 11) is 1.58. The molecule has 8 heteroatoms. The number of hydrogen-bond donors (Lipinski definition) is 4. The SMILES string of the molecule is COCCNC(=O)c1ccc(NCC(=O)Nc2ccc(C(=O)NC3CCCCC3)cc2)cc1. The highest BCUT2D eigenvalue weighted by Gasteiger charge is 2.16. The lowest BCUT2D eigenvalue weighted by atomic mass is 9.95. The van der Waals surface area contributed by atoms with Crippen molar-refractivity contribution in [1.29, 1.82) is 0 Å². The quantitative estimate of drug-likeness (QED) is 0.414. The molecule has 0 bridgehead atoms. The lowest BCUT2D eigenvalue weighted by molar-refractivity contribution is -0.114. The number of carbonyl (C=O) groups excluding carboxylic acids is 3. The number of carbonyl (C=O) groups is 3. The van der Waals surface area contributed by atoms with E-state index in [9.17, 15) is 14.4 Å². The Morgan fingerprint density at radius 2 is 1.45 bits per heavy atom. The zero-order chi connectivity index (χ0) is 23.5. The minimum Gasteiger partial charge on any atom is -0.383 e. The van der Waals surface area contributed by atoms with E-state index >= 15 is 0 Å². The molecule has 0 heterocycles. The van der Waals surface area contributed by atoms with Gasteiger partial charge in [0.2, 0.25) is 5.91 Å². The van der Waals surface area contributed by atoms with Crippen molar-refractivity contribution < 1.29 is 19.1 Å². The Labute approximate surface area is 194 Å². The molecular weight excluding hydrogens is 420 g/mol. The fraction of sp³-hybridized carbons (Fsp3) is 0.400. The second-order valence-electron chi connectivity index (χ2n) is 8.11. The van der Waals surface area contributed by atoms with Gasteiger partial charge in [-0.3, -0.25) is 14.4 Å². The first kappa shape index (κ1) is 24.3. The summed E-state index contributed by atoms with van der Waals surface area (Å²) in [6, 6.07) is 14.0. The molecule has 33 heavy (non-hydrogen) atoms. The summed E-state index contributed by atoms with van der Waals surface area (Å²) in [5.74, 6) is -0.458. The number of rotatable bonds is 10. The molecule has 2 aromatic carbocycles. The monoisotopic (exact) mass is 452 g/mol. The van der Waals surface area contributed by atoms with Gasteiger partial charge in [0.05, 0.1) is 13.2 Å². The van der Waals surface area contributed by atoms with Crippen molar-refractivity contribution in [2.45, 2.75) is 38.1 Å². The van der Waals surface area contributed by atoms with Crippen molar-refractivity contribution in [3.8, 4) is 0 Å². The number of ether oxygens (including phenoxy) is 1. The van der Waals surface area contributed by atoms with Crippen LogP contribution in [0.3, 0.4) is 0 Å². The number of amides is 3. The van der Waals surface area contributed by atoms with Crippen molar-refractivity contribution in [2.75, 3.05) is 37.4 Å². The molecule has 2 aromatic rings. The molecule has 3 amide bonds. The molecule has 1 aliphatic carbocycles. The third-order valence-corrected chi connectivity index (χ3v) is 5.56. The first-order valence-electron chi connectivity index (χ1n) is 11.4. The van der Waals surface area contributed by atoms with Crippen molar-refractivity contribution in [2.24, 2.45) is 0 Å². The van der Waals surface area contributed by atoms with Crippen LogP contribution in [0.1, 0.15) is 52.8 Å². The molecule has 176 valence electrons. The molecule has 0 aromatic heterocycles. The van der Waals surface area contributed by atoms with Crippen LogP contribution >= 0.6 is 0 Å². The lowest BCUT2D eigenvalue weighted by Gasteiger charge is -2.22. The third kappa shape index (κ3) is 7.91. The number of anilines is 2. The van der Waals surface area contributed by atoms with Crippen LogP contribution < -0.4 is 21.3 Å². The van der Waals surface area contributed by atoms with E-state index in [2.05, 4.69) is 21.3 Å². The first-order valence-corrected chi connectivity index (χ1v) is 11.4. The van der Waals surface area contributed by atoms with Gasteiger partial charge in [0, 0.05) is 42.2 Å². The standard InChI is InChI=1S/C25H32N4O4/c1-33-16-15-26-24(31)18-7-11-20(12-8-18)27-17-23(30)28-22-13-9-19(10-14-22)25(32)29-21-5-3-2-4-6-21/h7-14,21,27H,2-6,15-17H2,1H3,(H,26,31)(H,28,30)(H,29,32). The fourth-order valence-electron chi connectivity index (χ4n) is 3.72. The minimum atomic E-state index is -0.212. The van der Waals surface area contributed by atoms with E-state index in [4.69, 9.17) is 4.74 Å². The van der Waals surface area contributed by atoms with Gasteiger partial charge in [-0.1, -0.05) is 19.3 Å². The van der Waals surface area contributed by atoms with E-state index in [0.29, 0.717) is 30.0 Å². The van der Waals surface area contributed by atoms with Gasteiger partial charge in [-0.25, -0.2) is 0 Å². The summed E-state index contributed by atoms with van der Waals surface area (Å²) >= 11 is 0. The van der Waals surface area contributed by atoms with E-state index in [1.165, 1.54) is 6.42 Å². The highest BCUT2D eigenvalue weighted by Crippen LogP contribution is 2.18. The first-order chi connectivity index (χ1) is 16.0. The van der Waals surface area contributed by atoms with Gasteiger partial charge in [-0.15, -0.1) is 0 Å². The predicted molar refractivity (Wildman–Crippen MR) is 129 cm³/mol. The van der Waals surface area contributed by atoms with Crippen molar-refractivity contribution >= 4 is 29.1 Å². The Bertz CT molecular complexity index is 922. The molecule has 0 atom stereocenters. The smallest absolute Gasteiger partial charge is 0.251 e. The molecule has 4 N–H and O–H groups in total. The Hall–Kier alpha value is -3.39. The van der Waals surface area contributed by atoms with Gasteiger partial charge in [-0.2, -0.15) is 0 Å². The highest BCUT2D eigenvalue weighted by atomic mass is 16.5. The molecule has 0 spiro atoms. The molecule has 1 fully saturated rings. The maximum Gasteiger partial charge on any atom is 0.251 e. The van der Waals surface area contributed by atoms with E-state index in [-0.39, 0.29) is 30.3 Å². The summed E-state index contributed by atoms with van der Waals surface area (Å²) in [5, 5.41) is 11.7. The molecule has 0 saturated heterocycles. The molecule has 0 aliphatic heterocycles. The second-order valence-corrected chi connectivity index (χ2v) is 8.11. The summed E-state index contributed by atoms with van der Waals surface area (Å²) in [6.07, 6.45) is 5.65. The second kappa shape index (κ2) is 12.6. The van der Waals surface area contributed by atoms with Crippen LogP contribution in [0.2, 0.25) is 0 Å². The van der Waals surface area contributed by atoms with Gasteiger partial charge >= 0.3 is 0 Å². The van der Waals surface area contributed by atoms with Gasteiger partial charge in [0.15, 0.2) is 0 Å². The van der Waals surface area contributed by atoms with Gasteiger partial charge in [-0.05, 0) is 61.4 Å². The molecule has 1 saturated carbocycles. The van der Waals surface area contributed by atoms with Crippen LogP contribution in [-0.2, 0) is 9.53 Å². The average Bonchev–Trinajstić information content (AvgIpc) is 2.84. The summed E-state index contributed by atoms with van der Waals surface area (Å²) in [5.41, 5.74) is 2.48. The Balaban J connectivity index is 1.42. The number of nitrogens with one attached hydrogen (secondary N) is 4. The number of methoxy groups -OCH3 is 1. The maximum absolute atomic E-state index is 12.4. The van der Waals surface area contributed by atoms with E-state index in [0.717, 1.165) is 31.4 Å². The zero-order valence-electron chi connectivity index (χ0n) is 19.0. The van der Waals surface area contributed by atoms with Crippen LogP contribution in [0.25, 0.3) is 0 Å². The summed E-state index contributed by atoms with van der Waals surface area (Å²) < 4.78 is 4.91. The topological polar surface area (TPSA) is 109 Å². The Morgan fingerprint density at radius 1 is 0.848 bits per heavy atom. The minimum absolute atomic E-state index is 0.0720. The largest absolute Gasteiger partial charge is 0.383 e. The van der Waals surface area contributed by atoms with Crippen LogP contribution in [-0.4, -0.2) is 50.6 Å². The maximum atomic E-state index is 12.4. The van der Waals surface area contributed by atoms with E-state index < -0.39 is 0 Å². The molecular formula is C25H32N4O4. The van der Waals surface area contributed by atoms with Crippen LogP contribution in [0, 0.1) is 0 Å². The van der Waals surface area contributed by atoms with Crippen molar-refractivity contribution in [3.63, 3.8) is 0 Å².